The van der Waals surface area contributed by atoms with Crippen LogP contribution in [-0.4, -0.2) is 17.7 Å². The second-order valence-electron chi connectivity index (χ2n) is 2.70. The molecule has 0 unspecified atom stereocenters. The molecule has 0 saturated carbocycles. The Balaban J connectivity index is 4.77. The second kappa shape index (κ2) is 5.29. The van der Waals surface area contributed by atoms with Gasteiger partial charge in [-0.1, -0.05) is 13.8 Å². The Morgan fingerprint density at radius 3 is 2.38 bits per heavy atom. The van der Waals surface area contributed by atoms with Crippen molar-refractivity contribution in [2.75, 3.05) is 6.61 Å². The van der Waals surface area contributed by atoms with Crippen molar-refractivity contribution in [2.45, 2.75) is 20.8 Å². The molecule has 0 aromatic rings. The number of nitrogens with zero attached hydrogens (tertiary/aromatic N) is 1. The van der Waals surface area contributed by atoms with Gasteiger partial charge in [0.05, 0.1) is 6.61 Å². The van der Waals surface area contributed by atoms with Crippen molar-refractivity contribution in [1.82, 2.24) is 0 Å². The van der Waals surface area contributed by atoms with E-state index >= 15 is 0 Å². The molecular formula is C8H13NO4. The molecule has 0 spiro atoms. The van der Waals surface area contributed by atoms with Gasteiger partial charge in [0.25, 0.3) is 0 Å². The fourth-order valence-electron chi connectivity index (χ4n) is 0.661. The Hall–Kier alpha value is -1.39. The van der Waals surface area contributed by atoms with E-state index in [9.17, 15) is 14.8 Å². The average molecular weight is 187 g/mol. The molecule has 0 rings (SSSR count). The third-order valence-electron chi connectivity index (χ3n) is 1.35. The summed E-state index contributed by atoms with van der Waals surface area (Å²) in [6.45, 7) is 5.02. The van der Waals surface area contributed by atoms with Gasteiger partial charge in [-0.15, -0.1) is 4.91 Å². The van der Waals surface area contributed by atoms with Crippen molar-refractivity contribution in [3.8, 4) is 0 Å². The molecule has 0 aromatic carbocycles. The van der Waals surface area contributed by atoms with Crippen LogP contribution < -0.4 is 0 Å². The molecule has 0 saturated heterocycles. The molecule has 5 nitrogen and oxygen atoms in total. The highest BCUT2D eigenvalue weighted by Gasteiger charge is 2.19. The third kappa shape index (κ3) is 3.23. The minimum atomic E-state index is -0.885. The fraction of sp³-hybridized carbons (Fsp3) is 0.625. The number of hydrogen-bond acceptors (Lipinski definition) is 5. The van der Waals surface area contributed by atoms with Crippen LogP contribution in [0.4, 0.5) is 0 Å². The summed E-state index contributed by atoms with van der Waals surface area (Å²) in [6, 6.07) is 0. The minimum Gasteiger partial charge on any atom is -0.509 e. The SMILES string of the molecule is CCOC(=O)/C(N=O)=C(/O)C(C)C. The van der Waals surface area contributed by atoms with E-state index < -0.39 is 11.7 Å². The number of carbonyl (C=O) groups is 1. The van der Waals surface area contributed by atoms with E-state index in [1.807, 2.05) is 0 Å². The summed E-state index contributed by atoms with van der Waals surface area (Å²) in [5.74, 6) is -1.55. The van der Waals surface area contributed by atoms with E-state index in [0.29, 0.717) is 0 Å². The first-order chi connectivity index (χ1) is 6.04. The molecule has 0 heterocycles. The fourth-order valence-corrected chi connectivity index (χ4v) is 0.661. The van der Waals surface area contributed by atoms with Crippen molar-refractivity contribution in [3.05, 3.63) is 16.4 Å². The van der Waals surface area contributed by atoms with E-state index in [1.165, 1.54) is 0 Å². The van der Waals surface area contributed by atoms with Crippen LogP contribution in [-0.2, 0) is 9.53 Å². The summed E-state index contributed by atoms with van der Waals surface area (Å²) in [6.07, 6.45) is 0. The van der Waals surface area contributed by atoms with E-state index in [0.717, 1.165) is 0 Å². The Morgan fingerprint density at radius 2 is 2.08 bits per heavy atom. The first kappa shape index (κ1) is 11.6. The predicted molar refractivity (Wildman–Crippen MR) is 46.9 cm³/mol. The van der Waals surface area contributed by atoms with Gasteiger partial charge in [-0.25, -0.2) is 4.79 Å². The van der Waals surface area contributed by atoms with Crippen LogP contribution in [0.15, 0.2) is 16.6 Å². The smallest absolute Gasteiger partial charge is 0.364 e. The highest BCUT2D eigenvalue weighted by atomic mass is 16.5. The van der Waals surface area contributed by atoms with Gasteiger partial charge in [0, 0.05) is 5.92 Å². The van der Waals surface area contributed by atoms with Gasteiger partial charge >= 0.3 is 5.97 Å². The van der Waals surface area contributed by atoms with Gasteiger partial charge in [0.2, 0.25) is 5.70 Å². The molecule has 0 aliphatic carbocycles. The normalized spacial score (nSPS) is 12.3. The zero-order valence-electron chi connectivity index (χ0n) is 7.90. The average Bonchev–Trinajstić information content (AvgIpc) is 2.05. The lowest BCUT2D eigenvalue weighted by Crippen LogP contribution is -2.10. The lowest BCUT2D eigenvalue weighted by Gasteiger charge is -2.05. The van der Waals surface area contributed by atoms with Crippen molar-refractivity contribution in [2.24, 2.45) is 11.1 Å². The summed E-state index contributed by atoms with van der Waals surface area (Å²) in [5, 5.41) is 11.7. The molecule has 74 valence electrons. The molecule has 0 bridgehead atoms. The van der Waals surface area contributed by atoms with Crippen molar-refractivity contribution >= 4 is 5.97 Å². The summed E-state index contributed by atoms with van der Waals surface area (Å²) in [7, 11) is 0. The monoisotopic (exact) mass is 187 g/mol. The van der Waals surface area contributed by atoms with Crippen molar-refractivity contribution in [3.63, 3.8) is 0 Å². The number of aliphatic hydroxyl groups excluding tert-OH is 1. The van der Waals surface area contributed by atoms with Crippen molar-refractivity contribution < 1.29 is 14.6 Å². The number of esters is 1. The Labute approximate surface area is 76.4 Å². The van der Waals surface area contributed by atoms with Gasteiger partial charge in [-0.05, 0) is 12.1 Å². The highest BCUT2D eigenvalue weighted by Crippen LogP contribution is 2.13. The van der Waals surface area contributed by atoms with E-state index in [-0.39, 0.29) is 18.3 Å². The maximum Gasteiger partial charge on any atom is 0.364 e. The molecule has 0 fully saturated rings. The van der Waals surface area contributed by atoms with Crippen LogP contribution in [0.25, 0.3) is 0 Å². The van der Waals surface area contributed by atoms with E-state index in [1.54, 1.807) is 20.8 Å². The number of aliphatic hydroxyl groups is 1. The van der Waals surface area contributed by atoms with E-state index in [4.69, 9.17) is 0 Å². The maximum absolute atomic E-state index is 11.0. The zero-order chi connectivity index (χ0) is 10.4. The summed E-state index contributed by atoms with van der Waals surface area (Å²) in [4.78, 5) is 21.2. The molecule has 1 N–H and O–H groups in total. The predicted octanol–water partition coefficient (Wildman–Crippen LogP) is 1.74. The van der Waals surface area contributed by atoms with Gasteiger partial charge in [-0.2, -0.15) is 0 Å². The molecule has 0 radical (unpaired) electrons. The lowest BCUT2D eigenvalue weighted by molar-refractivity contribution is -0.138. The molecule has 0 atom stereocenters. The standard InChI is InChI=1S/C8H13NO4/c1-4-13-8(11)6(9-12)7(10)5(2)3/h5,10H,4H2,1-3H3/b7-6-. The summed E-state index contributed by atoms with van der Waals surface area (Å²) < 4.78 is 4.52. The lowest BCUT2D eigenvalue weighted by atomic mass is 10.1. The molecule has 0 aliphatic rings. The first-order valence-electron chi connectivity index (χ1n) is 3.98. The van der Waals surface area contributed by atoms with Crippen LogP contribution in [0, 0.1) is 10.8 Å². The minimum absolute atomic E-state index is 0.142. The number of carbonyl (C=O) groups excluding carboxylic acids is 1. The molecule has 0 aliphatic heterocycles. The number of nitroso groups, excluding NO2 is 1. The quantitative estimate of drug-likeness (QED) is 0.315. The second-order valence-corrected chi connectivity index (χ2v) is 2.70. The molecular weight excluding hydrogens is 174 g/mol. The number of hydrogen-bond donors (Lipinski definition) is 1. The highest BCUT2D eigenvalue weighted by molar-refractivity contribution is 5.88. The van der Waals surface area contributed by atoms with Crippen LogP contribution in [0.2, 0.25) is 0 Å². The Kier molecular flexibility index (Phi) is 4.72. The van der Waals surface area contributed by atoms with Crippen LogP contribution in [0.3, 0.4) is 0 Å². The zero-order valence-corrected chi connectivity index (χ0v) is 7.90. The van der Waals surface area contributed by atoms with E-state index in [2.05, 4.69) is 9.91 Å². The molecule has 5 heteroatoms. The summed E-state index contributed by atoms with van der Waals surface area (Å²) >= 11 is 0. The molecule has 0 amide bonds. The van der Waals surface area contributed by atoms with Crippen LogP contribution in [0.5, 0.6) is 0 Å². The Bertz CT molecular complexity index is 232. The number of rotatable bonds is 4. The number of ether oxygens (including phenoxy) is 1. The third-order valence-corrected chi connectivity index (χ3v) is 1.35. The van der Waals surface area contributed by atoms with Crippen LogP contribution >= 0.6 is 0 Å². The number of allylic oxidation sites excluding steroid dienone is 1. The molecule has 0 aromatic heterocycles. The molecule has 13 heavy (non-hydrogen) atoms. The topological polar surface area (TPSA) is 76.0 Å². The van der Waals surface area contributed by atoms with Gasteiger partial charge in [0.1, 0.15) is 5.76 Å². The summed E-state index contributed by atoms with van der Waals surface area (Å²) in [5.41, 5.74) is -0.545. The van der Waals surface area contributed by atoms with Gasteiger partial charge in [0.15, 0.2) is 0 Å². The van der Waals surface area contributed by atoms with Gasteiger partial charge < -0.3 is 9.84 Å². The largest absolute Gasteiger partial charge is 0.509 e. The first-order valence-corrected chi connectivity index (χ1v) is 3.98. The maximum atomic E-state index is 11.0. The Morgan fingerprint density at radius 1 is 1.54 bits per heavy atom. The van der Waals surface area contributed by atoms with Crippen molar-refractivity contribution in [1.29, 1.82) is 0 Å². The van der Waals surface area contributed by atoms with Crippen LogP contribution in [0.1, 0.15) is 20.8 Å². The van der Waals surface area contributed by atoms with Gasteiger partial charge in [-0.3, -0.25) is 0 Å².